The Labute approximate surface area is 157 Å². The van der Waals surface area contributed by atoms with E-state index in [1.54, 1.807) is 16.4 Å². The van der Waals surface area contributed by atoms with Crippen LogP contribution in [0, 0.1) is 11.8 Å². The van der Waals surface area contributed by atoms with Gasteiger partial charge in [-0.1, -0.05) is 26.0 Å². The lowest BCUT2D eigenvalue weighted by Gasteiger charge is -2.31. The second-order valence-electron chi connectivity index (χ2n) is 8.81. The Balaban J connectivity index is 1.58. The third-order valence-electron chi connectivity index (χ3n) is 6.51. The van der Waals surface area contributed by atoms with Crippen molar-refractivity contribution < 1.29 is 13.2 Å². The third-order valence-corrected chi connectivity index (χ3v) is 8.34. The molecule has 1 spiro atoms. The zero-order chi connectivity index (χ0) is 18.7. The van der Waals surface area contributed by atoms with Crippen LogP contribution in [0.15, 0.2) is 29.2 Å². The molecule has 0 aromatic heterocycles. The van der Waals surface area contributed by atoms with Crippen molar-refractivity contribution in [1.82, 2.24) is 9.21 Å². The summed E-state index contributed by atoms with van der Waals surface area (Å²) in [5.41, 5.74) is 0.907. The molecule has 1 aromatic rings. The molecule has 0 radical (unpaired) electrons. The molecule has 0 amide bonds. The predicted molar refractivity (Wildman–Crippen MR) is 102 cm³/mol. The average molecular weight is 379 g/mol. The van der Waals surface area contributed by atoms with Gasteiger partial charge in [-0.3, -0.25) is 0 Å². The Morgan fingerprint density at radius 2 is 1.96 bits per heavy atom. The van der Waals surface area contributed by atoms with Crippen LogP contribution >= 0.6 is 0 Å². The third kappa shape index (κ3) is 2.82. The summed E-state index contributed by atoms with van der Waals surface area (Å²) in [5, 5.41) is 0. The van der Waals surface area contributed by atoms with Gasteiger partial charge in [0.25, 0.3) is 0 Å². The summed E-state index contributed by atoms with van der Waals surface area (Å²) in [7, 11) is 0.698. The number of sulfonamides is 1. The largest absolute Gasteiger partial charge is 0.370 e. The molecule has 3 fully saturated rings. The van der Waals surface area contributed by atoms with Crippen LogP contribution in [0.2, 0.25) is 0 Å². The van der Waals surface area contributed by atoms with Crippen LogP contribution in [-0.2, 0) is 14.8 Å². The Hall–Kier alpha value is -0.950. The normalized spacial score (nSPS) is 34.2. The summed E-state index contributed by atoms with van der Waals surface area (Å²) in [6.45, 7) is 6.29. The van der Waals surface area contributed by atoms with E-state index in [1.807, 2.05) is 12.1 Å². The van der Waals surface area contributed by atoms with E-state index in [4.69, 9.17) is 4.74 Å². The first-order chi connectivity index (χ1) is 12.2. The van der Waals surface area contributed by atoms with Crippen LogP contribution in [0.3, 0.4) is 0 Å². The molecule has 0 unspecified atom stereocenters. The van der Waals surface area contributed by atoms with Crippen LogP contribution in [0.25, 0.3) is 0 Å². The van der Waals surface area contributed by atoms with Crippen LogP contribution in [0.5, 0.6) is 0 Å². The Morgan fingerprint density at radius 3 is 2.58 bits per heavy atom. The van der Waals surface area contributed by atoms with Crippen molar-refractivity contribution in [3.8, 4) is 0 Å². The summed E-state index contributed by atoms with van der Waals surface area (Å²) < 4.78 is 34.5. The van der Waals surface area contributed by atoms with Crippen molar-refractivity contribution in [2.24, 2.45) is 11.8 Å². The SMILES string of the molecule is CC(C)c1ccc(S(=O)(=O)N2C[C@@H]3[C@H](CN(C)C)[C@H]4CC[C@]3(C2)O4)cc1. The molecule has 1 aromatic carbocycles. The topological polar surface area (TPSA) is 49.9 Å². The lowest BCUT2D eigenvalue weighted by Crippen LogP contribution is -2.40. The molecule has 0 aliphatic carbocycles. The minimum atomic E-state index is -3.47. The van der Waals surface area contributed by atoms with Crippen molar-refractivity contribution in [1.29, 1.82) is 0 Å². The molecule has 144 valence electrons. The van der Waals surface area contributed by atoms with Gasteiger partial charge in [0.1, 0.15) is 0 Å². The van der Waals surface area contributed by atoms with E-state index in [2.05, 4.69) is 32.8 Å². The maximum Gasteiger partial charge on any atom is 0.243 e. The van der Waals surface area contributed by atoms with Gasteiger partial charge in [0.2, 0.25) is 10.0 Å². The lowest BCUT2D eigenvalue weighted by molar-refractivity contribution is 0.00739. The zero-order valence-electron chi connectivity index (χ0n) is 16.2. The van der Waals surface area contributed by atoms with E-state index >= 15 is 0 Å². The highest BCUT2D eigenvalue weighted by Crippen LogP contribution is 2.55. The monoisotopic (exact) mass is 378 g/mol. The summed E-state index contributed by atoms with van der Waals surface area (Å²) in [5.74, 6) is 1.14. The molecule has 26 heavy (non-hydrogen) atoms. The van der Waals surface area contributed by atoms with Crippen molar-refractivity contribution >= 4 is 10.0 Å². The van der Waals surface area contributed by atoms with Gasteiger partial charge in [0, 0.05) is 31.5 Å². The molecule has 3 aliphatic heterocycles. The van der Waals surface area contributed by atoms with Crippen LogP contribution in [-0.4, -0.2) is 63.1 Å². The fraction of sp³-hybridized carbons (Fsp3) is 0.700. The number of benzene rings is 1. The lowest BCUT2D eigenvalue weighted by atomic mass is 9.73. The number of ether oxygens (including phenoxy) is 1. The van der Waals surface area contributed by atoms with E-state index < -0.39 is 10.0 Å². The average Bonchev–Trinajstić information content (AvgIpc) is 3.24. The first-order valence-electron chi connectivity index (χ1n) is 9.65. The van der Waals surface area contributed by atoms with Crippen LogP contribution in [0.1, 0.15) is 38.2 Å². The van der Waals surface area contributed by atoms with Gasteiger partial charge in [-0.05, 0) is 50.6 Å². The molecule has 4 atom stereocenters. The standard InChI is InChI=1S/C20H30N2O3S/c1-14(2)15-5-7-16(8-6-15)26(23,24)22-12-18-17(11-21(3)4)19-9-10-20(18,13-22)25-19/h5-8,14,17-19H,9-13H2,1-4H3/t17-,18+,19+,20+/m0/s1. The van der Waals surface area contributed by atoms with Gasteiger partial charge in [0.05, 0.1) is 16.6 Å². The molecule has 2 bridgehead atoms. The molecule has 3 saturated heterocycles. The fourth-order valence-corrected chi connectivity index (χ4v) is 6.69. The number of fused-ring (bicyclic) bond motifs is 1. The number of hydrogen-bond acceptors (Lipinski definition) is 4. The fourth-order valence-electron chi connectivity index (χ4n) is 5.17. The van der Waals surface area contributed by atoms with Gasteiger partial charge in [0.15, 0.2) is 0 Å². The van der Waals surface area contributed by atoms with Gasteiger partial charge < -0.3 is 9.64 Å². The quantitative estimate of drug-likeness (QED) is 0.790. The summed E-state index contributed by atoms with van der Waals surface area (Å²) in [6.07, 6.45) is 2.36. The molecular weight excluding hydrogens is 348 g/mol. The number of hydrogen-bond donors (Lipinski definition) is 0. The Bertz CT molecular complexity index is 775. The molecule has 6 heteroatoms. The smallest absolute Gasteiger partial charge is 0.243 e. The molecule has 0 N–H and O–H groups in total. The maximum absolute atomic E-state index is 13.2. The van der Waals surface area contributed by atoms with Crippen LogP contribution < -0.4 is 0 Å². The Morgan fingerprint density at radius 1 is 1.27 bits per heavy atom. The molecule has 3 heterocycles. The summed E-state index contributed by atoms with van der Waals surface area (Å²) >= 11 is 0. The van der Waals surface area contributed by atoms with Gasteiger partial charge in [-0.25, -0.2) is 8.42 Å². The van der Waals surface area contributed by atoms with E-state index in [9.17, 15) is 8.42 Å². The zero-order valence-corrected chi connectivity index (χ0v) is 17.0. The van der Waals surface area contributed by atoms with Gasteiger partial charge in [-0.15, -0.1) is 0 Å². The highest BCUT2D eigenvalue weighted by Gasteiger charge is 2.64. The first kappa shape index (κ1) is 18.4. The van der Waals surface area contributed by atoms with Gasteiger partial charge in [-0.2, -0.15) is 4.31 Å². The van der Waals surface area contributed by atoms with Crippen molar-refractivity contribution in [2.75, 3.05) is 33.7 Å². The van der Waals surface area contributed by atoms with E-state index in [-0.39, 0.29) is 5.60 Å². The summed E-state index contributed by atoms with van der Waals surface area (Å²) in [6, 6.07) is 7.38. The van der Waals surface area contributed by atoms with E-state index in [1.165, 1.54) is 0 Å². The van der Waals surface area contributed by atoms with Crippen molar-refractivity contribution in [3.05, 3.63) is 29.8 Å². The molecule has 4 rings (SSSR count). The molecule has 5 nitrogen and oxygen atoms in total. The molecule has 3 aliphatic rings. The highest BCUT2D eigenvalue weighted by atomic mass is 32.2. The van der Waals surface area contributed by atoms with Crippen molar-refractivity contribution in [3.63, 3.8) is 0 Å². The molecule has 0 saturated carbocycles. The highest BCUT2D eigenvalue weighted by molar-refractivity contribution is 7.89. The Kier molecular flexibility index (Phi) is 4.46. The maximum atomic E-state index is 13.2. The number of rotatable bonds is 5. The predicted octanol–water partition coefficient (Wildman–Crippen LogP) is 2.54. The minimum absolute atomic E-state index is 0.254. The van der Waals surface area contributed by atoms with Gasteiger partial charge >= 0.3 is 0 Å². The van der Waals surface area contributed by atoms with E-state index in [0.29, 0.717) is 41.8 Å². The van der Waals surface area contributed by atoms with E-state index in [0.717, 1.165) is 24.9 Å². The minimum Gasteiger partial charge on any atom is -0.370 e. The van der Waals surface area contributed by atoms with Crippen molar-refractivity contribution in [2.45, 2.75) is 49.2 Å². The van der Waals surface area contributed by atoms with Crippen LogP contribution in [0.4, 0.5) is 0 Å². The number of nitrogens with zero attached hydrogens (tertiary/aromatic N) is 2. The summed E-state index contributed by atoms with van der Waals surface area (Å²) in [4.78, 5) is 2.60. The second kappa shape index (κ2) is 6.30. The first-order valence-corrected chi connectivity index (χ1v) is 11.1. The second-order valence-corrected chi connectivity index (χ2v) is 10.8. The molecular formula is C20H30N2O3S.